The fraction of sp³-hybridized carbons (Fsp3) is 0.333. The largest absolute Gasteiger partial charge is 0.271 e. The second-order valence-corrected chi connectivity index (χ2v) is 5.03. The Kier molecular flexibility index (Phi) is 3.53. The van der Waals surface area contributed by atoms with Crippen LogP contribution in [0, 0.1) is 0 Å². The van der Waals surface area contributed by atoms with Gasteiger partial charge < -0.3 is 0 Å². The minimum Gasteiger partial charge on any atom is -0.271 e. The molecule has 0 saturated carbocycles. The van der Waals surface area contributed by atoms with Crippen LogP contribution < -0.4 is 11.3 Å². The summed E-state index contributed by atoms with van der Waals surface area (Å²) in [5.41, 5.74) is 6.73. The highest BCUT2D eigenvalue weighted by molar-refractivity contribution is 5.30. The van der Waals surface area contributed by atoms with Crippen LogP contribution in [-0.2, 0) is 12.8 Å². The van der Waals surface area contributed by atoms with Crippen LogP contribution in [-0.4, -0.2) is 16.0 Å². The van der Waals surface area contributed by atoms with Crippen molar-refractivity contribution in [1.82, 2.24) is 15.4 Å². The Morgan fingerprint density at radius 2 is 2.21 bits per heavy atom. The third-order valence-corrected chi connectivity index (χ3v) is 3.88. The molecule has 0 spiro atoms. The summed E-state index contributed by atoms with van der Waals surface area (Å²) in [5.74, 6) is 6.15. The number of aryl methyl sites for hydroxylation is 1. The third-order valence-electron chi connectivity index (χ3n) is 3.88. The van der Waals surface area contributed by atoms with Crippen LogP contribution in [0.25, 0.3) is 0 Å². The van der Waals surface area contributed by atoms with Crippen molar-refractivity contribution in [2.24, 2.45) is 5.84 Å². The second kappa shape index (κ2) is 5.47. The number of aromatic nitrogens is 2. The lowest BCUT2D eigenvalue weighted by Gasteiger charge is -2.23. The summed E-state index contributed by atoms with van der Waals surface area (Å²) in [6.07, 6.45) is 8.65. The van der Waals surface area contributed by atoms with E-state index in [1.165, 1.54) is 16.8 Å². The van der Waals surface area contributed by atoms with Gasteiger partial charge in [-0.15, -0.1) is 0 Å². The average Bonchev–Trinajstić information content (AvgIpc) is 2.90. The molecule has 2 aromatic rings. The smallest absolute Gasteiger partial charge is 0.0482 e. The van der Waals surface area contributed by atoms with E-state index in [0.29, 0.717) is 5.92 Å². The average molecular weight is 254 g/mol. The molecule has 1 aliphatic rings. The molecule has 0 aliphatic heterocycles. The number of pyridine rings is 2. The number of nitrogens with zero attached hydrogens (tertiary/aromatic N) is 2. The van der Waals surface area contributed by atoms with Gasteiger partial charge in [-0.25, -0.2) is 0 Å². The van der Waals surface area contributed by atoms with Crippen molar-refractivity contribution < 1.29 is 0 Å². The molecule has 2 atom stereocenters. The van der Waals surface area contributed by atoms with Gasteiger partial charge in [-0.3, -0.25) is 21.2 Å². The normalized spacial score (nSPS) is 19.1. The SMILES string of the molecule is NNC(Cc1cccnc1)C1CCc2cccnc21. The van der Waals surface area contributed by atoms with E-state index >= 15 is 0 Å². The van der Waals surface area contributed by atoms with E-state index in [9.17, 15) is 0 Å². The van der Waals surface area contributed by atoms with E-state index < -0.39 is 0 Å². The van der Waals surface area contributed by atoms with Crippen molar-refractivity contribution in [2.45, 2.75) is 31.2 Å². The summed E-state index contributed by atoms with van der Waals surface area (Å²) in [4.78, 5) is 8.70. The van der Waals surface area contributed by atoms with Gasteiger partial charge in [0.2, 0.25) is 0 Å². The van der Waals surface area contributed by atoms with Crippen LogP contribution in [0.1, 0.15) is 29.2 Å². The lowest BCUT2D eigenvalue weighted by atomic mass is 9.92. The zero-order valence-electron chi connectivity index (χ0n) is 10.8. The lowest BCUT2D eigenvalue weighted by molar-refractivity contribution is 0.429. The molecule has 98 valence electrons. The predicted octanol–water partition coefficient (Wildman–Crippen LogP) is 1.58. The first kappa shape index (κ1) is 12.3. The molecule has 2 aromatic heterocycles. The lowest BCUT2D eigenvalue weighted by Crippen LogP contribution is -2.41. The van der Waals surface area contributed by atoms with Gasteiger partial charge in [0.1, 0.15) is 0 Å². The van der Waals surface area contributed by atoms with Gasteiger partial charge in [0.15, 0.2) is 0 Å². The number of hydrogen-bond donors (Lipinski definition) is 2. The minimum absolute atomic E-state index is 0.209. The number of fused-ring (bicyclic) bond motifs is 1. The molecule has 0 bridgehead atoms. The zero-order chi connectivity index (χ0) is 13.1. The molecule has 4 nitrogen and oxygen atoms in total. The van der Waals surface area contributed by atoms with Crippen LogP contribution in [0.2, 0.25) is 0 Å². The Bertz CT molecular complexity index is 541. The van der Waals surface area contributed by atoms with Crippen LogP contribution >= 0.6 is 0 Å². The summed E-state index contributed by atoms with van der Waals surface area (Å²) in [7, 11) is 0. The first-order valence-electron chi connectivity index (χ1n) is 6.67. The summed E-state index contributed by atoms with van der Waals surface area (Å²) in [5, 5.41) is 0. The molecule has 19 heavy (non-hydrogen) atoms. The third kappa shape index (κ3) is 2.50. The zero-order valence-corrected chi connectivity index (χ0v) is 10.8. The summed E-state index contributed by atoms with van der Waals surface area (Å²) < 4.78 is 0. The Morgan fingerprint density at radius 1 is 1.32 bits per heavy atom. The van der Waals surface area contributed by atoms with Crippen molar-refractivity contribution >= 4 is 0 Å². The van der Waals surface area contributed by atoms with E-state index in [0.717, 1.165) is 19.3 Å². The van der Waals surface area contributed by atoms with E-state index in [1.807, 2.05) is 24.5 Å². The van der Waals surface area contributed by atoms with Gasteiger partial charge in [0, 0.05) is 36.2 Å². The maximum Gasteiger partial charge on any atom is 0.0482 e. The molecule has 0 fully saturated rings. The summed E-state index contributed by atoms with van der Waals surface area (Å²) in [6, 6.07) is 8.43. The Morgan fingerprint density at radius 3 is 3.00 bits per heavy atom. The van der Waals surface area contributed by atoms with Crippen molar-refractivity contribution in [3.05, 3.63) is 59.7 Å². The number of hydrogen-bond acceptors (Lipinski definition) is 4. The van der Waals surface area contributed by atoms with Gasteiger partial charge in [-0.2, -0.15) is 0 Å². The van der Waals surface area contributed by atoms with Gasteiger partial charge in [0.05, 0.1) is 0 Å². The van der Waals surface area contributed by atoms with Crippen LogP contribution in [0.5, 0.6) is 0 Å². The fourth-order valence-corrected chi connectivity index (χ4v) is 2.93. The predicted molar refractivity (Wildman–Crippen MR) is 74.4 cm³/mol. The van der Waals surface area contributed by atoms with Gasteiger partial charge in [-0.1, -0.05) is 12.1 Å². The molecule has 1 aliphatic carbocycles. The highest BCUT2D eigenvalue weighted by atomic mass is 15.2. The Labute approximate surface area is 113 Å². The van der Waals surface area contributed by atoms with E-state index in [-0.39, 0.29) is 6.04 Å². The molecular formula is C15H18N4. The number of nitrogens with one attached hydrogen (secondary N) is 1. The van der Waals surface area contributed by atoms with Crippen molar-refractivity contribution in [1.29, 1.82) is 0 Å². The Balaban J connectivity index is 1.81. The molecule has 4 heteroatoms. The van der Waals surface area contributed by atoms with Crippen molar-refractivity contribution in [3.63, 3.8) is 0 Å². The molecule has 0 aromatic carbocycles. The van der Waals surface area contributed by atoms with Gasteiger partial charge in [-0.05, 0) is 42.5 Å². The second-order valence-electron chi connectivity index (χ2n) is 5.03. The molecular weight excluding hydrogens is 236 g/mol. The quantitative estimate of drug-likeness (QED) is 0.642. The monoisotopic (exact) mass is 254 g/mol. The first-order valence-corrected chi connectivity index (χ1v) is 6.67. The van der Waals surface area contributed by atoms with Crippen LogP contribution in [0.4, 0.5) is 0 Å². The highest BCUT2D eigenvalue weighted by Gasteiger charge is 2.30. The van der Waals surface area contributed by atoms with E-state index in [1.54, 1.807) is 6.20 Å². The van der Waals surface area contributed by atoms with Crippen molar-refractivity contribution in [3.8, 4) is 0 Å². The highest BCUT2D eigenvalue weighted by Crippen LogP contribution is 2.34. The molecule has 2 heterocycles. The van der Waals surface area contributed by atoms with E-state index in [2.05, 4.69) is 27.5 Å². The number of nitrogens with two attached hydrogens (primary N) is 1. The van der Waals surface area contributed by atoms with E-state index in [4.69, 9.17) is 5.84 Å². The number of hydrazine groups is 1. The van der Waals surface area contributed by atoms with Crippen LogP contribution in [0.15, 0.2) is 42.9 Å². The van der Waals surface area contributed by atoms with Gasteiger partial charge in [0.25, 0.3) is 0 Å². The first-order chi connectivity index (χ1) is 9.38. The maximum atomic E-state index is 5.76. The van der Waals surface area contributed by atoms with Crippen LogP contribution in [0.3, 0.4) is 0 Å². The standard InChI is InChI=1S/C15H18N4/c16-19-14(9-11-3-1-7-17-10-11)13-6-5-12-4-2-8-18-15(12)13/h1-4,7-8,10,13-14,19H,5-6,9,16H2. The molecule has 0 radical (unpaired) electrons. The van der Waals surface area contributed by atoms with Gasteiger partial charge >= 0.3 is 0 Å². The summed E-state index contributed by atoms with van der Waals surface area (Å²) >= 11 is 0. The molecule has 2 unspecified atom stereocenters. The number of rotatable bonds is 4. The fourth-order valence-electron chi connectivity index (χ4n) is 2.93. The molecule has 3 rings (SSSR count). The topological polar surface area (TPSA) is 63.8 Å². The minimum atomic E-state index is 0.209. The maximum absolute atomic E-state index is 5.76. The van der Waals surface area contributed by atoms with Crippen molar-refractivity contribution in [2.75, 3.05) is 0 Å². The Hall–Kier alpha value is -1.78. The molecule has 3 N–H and O–H groups in total. The molecule has 0 amide bonds. The summed E-state index contributed by atoms with van der Waals surface area (Å²) in [6.45, 7) is 0. The molecule has 0 saturated heterocycles.